The Labute approximate surface area is 247 Å². The predicted octanol–water partition coefficient (Wildman–Crippen LogP) is 2.77. The molecule has 3 aliphatic heterocycles. The van der Waals surface area contributed by atoms with Gasteiger partial charge in [0, 0.05) is 68.4 Å². The number of anilines is 2. The van der Waals surface area contributed by atoms with E-state index < -0.39 is 0 Å². The first-order valence-corrected chi connectivity index (χ1v) is 15.3. The highest BCUT2D eigenvalue weighted by Crippen LogP contribution is 2.39. The summed E-state index contributed by atoms with van der Waals surface area (Å²) in [7, 11) is 3.91. The fourth-order valence-corrected chi connectivity index (χ4v) is 6.28. The number of carbonyl (C=O) groups excluding carboxylic acids is 1. The number of hydrogen-bond donors (Lipinski definition) is 4. The molecule has 4 N–H and O–H groups in total. The van der Waals surface area contributed by atoms with Crippen molar-refractivity contribution in [2.24, 2.45) is 0 Å². The maximum Gasteiger partial charge on any atom is 0.221 e. The molecule has 1 aromatic carbocycles. The van der Waals surface area contributed by atoms with Gasteiger partial charge in [0.2, 0.25) is 5.91 Å². The summed E-state index contributed by atoms with van der Waals surface area (Å²) in [6, 6.07) is 7.74. The van der Waals surface area contributed by atoms with Crippen LogP contribution in [0, 0.1) is 0 Å². The molecule has 1 unspecified atom stereocenters. The first-order valence-electron chi connectivity index (χ1n) is 14.5. The van der Waals surface area contributed by atoms with Crippen LogP contribution in [0.1, 0.15) is 38.3 Å². The molecule has 5 rings (SSSR count). The van der Waals surface area contributed by atoms with E-state index in [9.17, 15) is 4.79 Å². The zero-order chi connectivity index (χ0) is 28.8. The van der Waals surface area contributed by atoms with E-state index in [2.05, 4.69) is 49.3 Å². The minimum atomic E-state index is -0.113. The first kappa shape index (κ1) is 29.6. The minimum absolute atomic E-state index is 0.0890. The molecule has 12 heteroatoms. The van der Waals surface area contributed by atoms with E-state index in [-0.39, 0.29) is 12.1 Å². The third-order valence-corrected chi connectivity index (χ3v) is 8.77. The Bertz CT molecular complexity index is 1210. The number of ether oxygens (including phenoxy) is 1. The Balaban J connectivity index is 1.30. The Hall–Kier alpha value is -2.90. The zero-order valence-electron chi connectivity index (χ0n) is 24.6. The molecule has 3 aliphatic rings. The summed E-state index contributed by atoms with van der Waals surface area (Å²) in [6.45, 7) is 12.5. The van der Waals surface area contributed by atoms with Gasteiger partial charge in [0.05, 0.1) is 12.8 Å². The number of amides is 1. The average Bonchev–Trinajstić information content (AvgIpc) is 3.38. The molecule has 0 spiro atoms. The van der Waals surface area contributed by atoms with Crippen LogP contribution in [-0.4, -0.2) is 103 Å². The molecule has 1 atom stereocenters. The van der Waals surface area contributed by atoms with E-state index in [0.29, 0.717) is 22.6 Å². The average molecular weight is 582 g/mol. The summed E-state index contributed by atoms with van der Waals surface area (Å²) >= 11 is 1.51. The van der Waals surface area contributed by atoms with Gasteiger partial charge in [-0.25, -0.2) is 15.4 Å². The van der Waals surface area contributed by atoms with Crippen LogP contribution in [0.2, 0.25) is 0 Å². The Morgan fingerprint density at radius 1 is 1.05 bits per heavy atom. The zero-order valence-corrected chi connectivity index (χ0v) is 25.4. The number of nitrogens with zero attached hydrogens (tertiary/aromatic N) is 5. The molecule has 2 saturated heterocycles. The van der Waals surface area contributed by atoms with Gasteiger partial charge in [-0.05, 0) is 82.0 Å². The monoisotopic (exact) mass is 581 g/mol. The van der Waals surface area contributed by atoms with Crippen molar-refractivity contribution >= 4 is 29.2 Å². The molecule has 4 heterocycles. The second kappa shape index (κ2) is 13.8. The van der Waals surface area contributed by atoms with Crippen molar-refractivity contribution in [2.75, 3.05) is 77.1 Å². The highest BCUT2D eigenvalue weighted by Gasteiger charge is 2.29. The number of piperidine rings is 1. The standard InChI is InChI=1S/C29H43N9O2S/c1-20-19-25(35-34-20)31-28-27(40-4)26(32-29(33-28)41-24-7-5-23(6-8-24)30-21(2)39)22-9-11-37(12-10-22)17-18-38-15-13-36(3)14-16-38/h5-8,19,22,25,34-35H,9-18H2,1-4H3,(H,30,39)(H,31,32,33). The molecular formula is C29H43N9O2S. The highest BCUT2D eigenvalue weighted by molar-refractivity contribution is 7.99. The predicted molar refractivity (Wildman–Crippen MR) is 163 cm³/mol. The number of benzene rings is 1. The summed E-state index contributed by atoms with van der Waals surface area (Å²) in [4.78, 5) is 29.9. The summed E-state index contributed by atoms with van der Waals surface area (Å²) < 4.78 is 5.96. The number of hydrazine groups is 1. The van der Waals surface area contributed by atoms with Gasteiger partial charge < -0.3 is 30.6 Å². The molecular weight excluding hydrogens is 538 g/mol. The Kier molecular flexibility index (Phi) is 9.99. The van der Waals surface area contributed by atoms with Gasteiger partial charge in [-0.1, -0.05) is 0 Å². The van der Waals surface area contributed by atoms with Crippen LogP contribution in [-0.2, 0) is 4.79 Å². The van der Waals surface area contributed by atoms with E-state index in [1.165, 1.54) is 18.7 Å². The molecule has 0 radical (unpaired) electrons. The van der Waals surface area contributed by atoms with Crippen molar-refractivity contribution in [2.45, 2.75) is 48.8 Å². The number of methoxy groups -OCH3 is 1. The summed E-state index contributed by atoms with van der Waals surface area (Å²) in [5.74, 6) is 1.60. The second-order valence-corrected chi connectivity index (χ2v) is 12.1. The summed E-state index contributed by atoms with van der Waals surface area (Å²) in [5.41, 5.74) is 9.14. The van der Waals surface area contributed by atoms with E-state index >= 15 is 0 Å². The normalized spacial score (nSPS) is 20.9. The minimum Gasteiger partial charge on any atom is -0.491 e. The maximum atomic E-state index is 11.4. The van der Waals surface area contributed by atoms with Gasteiger partial charge in [0.15, 0.2) is 16.7 Å². The number of likely N-dealkylation sites (tertiary alicyclic amines) is 1. The van der Waals surface area contributed by atoms with Crippen LogP contribution in [0.15, 0.2) is 46.1 Å². The van der Waals surface area contributed by atoms with Crippen LogP contribution in [0.25, 0.3) is 0 Å². The molecule has 0 aliphatic carbocycles. The third kappa shape index (κ3) is 8.10. The van der Waals surface area contributed by atoms with E-state index in [0.717, 1.165) is 87.2 Å². The molecule has 11 nitrogen and oxygen atoms in total. The van der Waals surface area contributed by atoms with Crippen molar-refractivity contribution in [3.63, 3.8) is 0 Å². The van der Waals surface area contributed by atoms with Gasteiger partial charge in [-0.3, -0.25) is 9.69 Å². The molecule has 41 heavy (non-hydrogen) atoms. The Morgan fingerprint density at radius 2 is 1.73 bits per heavy atom. The van der Waals surface area contributed by atoms with Crippen LogP contribution in [0.4, 0.5) is 11.5 Å². The molecule has 2 aromatic rings. The fraction of sp³-hybridized carbons (Fsp3) is 0.552. The molecule has 1 aromatic heterocycles. The summed E-state index contributed by atoms with van der Waals surface area (Å²) in [5, 5.41) is 6.97. The SMILES string of the molecule is COc1c(NC2C=C(C)NN2)nc(Sc2ccc(NC(C)=O)cc2)nc1C1CCN(CCN2CCN(C)CC2)CC1. The smallest absolute Gasteiger partial charge is 0.221 e. The maximum absolute atomic E-state index is 11.4. The number of likely N-dealkylation sites (N-methyl/N-ethyl adjacent to an activating group) is 1. The van der Waals surface area contributed by atoms with Crippen molar-refractivity contribution < 1.29 is 9.53 Å². The second-order valence-electron chi connectivity index (χ2n) is 11.1. The van der Waals surface area contributed by atoms with Gasteiger partial charge in [0.25, 0.3) is 0 Å². The molecule has 1 amide bonds. The van der Waals surface area contributed by atoms with Crippen LogP contribution in [0.3, 0.4) is 0 Å². The van der Waals surface area contributed by atoms with Crippen LogP contribution < -0.4 is 26.2 Å². The van der Waals surface area contributed by atoms with E-state index in [1.54, 1.807) is 7.11 Å². The molecule has 222 valence electrons. The van der Waals surface area contributed by atoms with E-state index in [1.807, 2.05) is 31.2 Å². The van der Waals surface area contributed by atoms with Crippen LogP contribution in [0.5, 0.6) is 5.75 Å². The topological polar surface area (TPSA) is 110 Å². The summed E-state index contributed by atoms with van der Waals surface area (Å²) in [6.07, 6.45) is 4.03. The first-order chi connectivity index (χ1) is 19.9. The number of rotatable bonds is 10. The quantitative estimate of drug-likeness (QED) is 0.311. The molecule has 0 bridgehead atoms. The number of aromatic nitrogens is 2. The third-order valence-electron chi connectivity index (χ3n) is 7.90. The van der Waals surface area contributed by atoms with Crippen molar-refractivity contribution in [1.29, 1.82) is 0 Å². The van der Waals surface area contributed by atoms with Crippen molar-refractivity contribution in [3.05, 3.63) is 41.7 Å². The fourth-order valence-electron chi connectivity index (χ4n) is 5.52. The molecule has 2 fully saturated rings. The highest BCUT2D eigenvalue weighted by atomic mass is 32.2. The van der Waals surface area contributed by atoms with Gasteiger partial charge in [0.1, 0.15) is 6.17 Å². The molecule has 0 saturated carbocycles. The number of carbonyl (C=O) groups is 1. The van der Waals surface area contributed by atoms with Crippen molar-refractivity contribution in [3.8, 4) is 5.75 Å². The van der Waals surface area contributed by atoms with Crippen LogP contribution >= 0.6 is 11.8 Å². The van der Waals surface area contributed by atoms with Crippen molar-refractivity contribution in [1.82, 2.24) is 35.5 Å². The lowest BCUT2D eigenvalue weighted by Gasteiger charge is -2.36. The van der Waals surface area contributed by atoms with Gasteiger partial charge >= 0.3 is 0 Å². The lowest BCUT2D eigenvalue weighted by molar-refractivity contribution is -0.114. The van der Waals surface area contributed by atoms with E-state index in [4.69, 9.17) is 14.7 Å². The number of allylic oxidation sites excluding steroid dienone is 1. The number of piperazine rings is 1. The van der Waals surface area contributed by atoms with Gasteiger partial charge in [-0.2, -0.15) is 0 Å². The number of hydrogen-bond acceptors (Lipinski definition) is 11. The van der Waals surface area contributed by atoms with Gasteiger partial charge in [-0.15, -0.1) is 0 Å². The number of nitrogens with one attached hydrogen (secondary N) is 4. The lowest BCUT2D eigenvalue weighted by atomic mass is 9.92. The largest absolute Gasteiger partial charge is 0.491 e. The Morgan fingerprint density at radius 3 is 2.34 bits per heavy atom. The lowest BCUT2D eigenvalue weighted by Crippen LogP contribution is -2.47.